The second-order valence-corrected chi connectivity index (χ2v) is 7.07. The summed E-state index contributed by atoms with van der Waals surface area (Å²) >= 11 is 6.00. The van der Waals surface area contributed by atoms with E-state index in [-0.39, 0.29) is 11.9 Å². The lowest BCUT2D eigenvalue weighted by atomic mass is 10.1. The van der Waals surface area contributed by atoms with Gasteiger partial charge in [-0.15, -0.1) is 0 Å². The molecule has 3 rings (SSSR count). The van der Waals surface area contributed by atoms with Gasteiger partial charge in [-0.2, -0.15) is 0 Å². The summed E-state index contributed by atoms with van der Waals surface area (Å²) in [6.45, 7) is 5.53. The largest absolute Gasteiger partial charge is 0.493 e. The highest BCUT2D eigenvalue weighted by atomic mass is 35.5. The Labute approximate surface area is 172 Å². The molecular weight excluding hydrogens is 396 g/mol. The van der Waals surface area contributed by atoms with Gasteiger partial charge in [-0.3, -0.25) is 20.4 Å². The lowest BCUT2D eigenvalue weighted by molar-refractivity contribution is 0.0831. The Bertz CT molecular complexity index is 1070. The van der Waals surface area contributed by atoms with Gasteiger partial charge in [0.1, 0.15) is 5.58 Å². The Hall–Kier alpha value is -3.19. The fourth-order valence-corrected chi connectivity index (χ4v) is 2.98. The van der Waals surface area contributed by atoms with Crippen molar-refractivity contribution in [2.75, 3.05) is 7.11 Å². The smallest absolute Gasteiger partial charge is 0.305 e. The number of amides is 2. The molecule has 2 N–H and O–H groups in total. The quantitative estimate of drug-likeness (QED) is 0.606. The minimum atomic E-state index is -0.574. The SMILES string of the molecule is COc1cc(C(=O)NNC(=O)c2oc3ccc(Cl)cc3c2C)ccc1OC(C)C. The number of methoxy groups -OCH3 is 1. The first-order chi connectivity index (χ1) is 13.8. The Kier molecular flexibility index (Phi) is 5.98. The maximum Gasteiger partial charge on any atom is 0.305 e. The molecule has 1 heterocycles. The van der Waals surface area contributed by atoms with Crippen LogP contribution in [0.2, 0.25) is 5.02 Å². The van der Waals surface area contributed by atoms with Crippen molar-refractivity contribution in [3.05, 3.63) is 58.3 Å². The van der Waals surface area contributed by atoms with Crippen LogP contribution in [0.15, 0.2) is 40.8 Å². The van der Waals surface area contributed by atoms with Crippen LogP contribution in [0.1, 0.15) is 40.3 Å². The van der Waals surface area contributed by atoms with E-state index in [4.69, 9.17) is 25.5 Å². The van der Waals surface area contributed by atoms with Gasteiger partial charge in [0.15, 0.2) is 17.3 Å². The van der Waals surface area contributed by atoms with E-state index in [0.29, 0.717) is 33.2 Å². The number of nitrogens with one attached hydrogen (secondary N) is 2. The Morgan fingerprint density at radius 2 is 1.76 bits per heavy atom. The summed E-state index contributed by atoms with van der Waals surface area (Å²) in [6.07, 6.45) is -0.0372. The van der Waals surface area contributed by atoms with Crippen LogP contribution in [0.4, 0.5) is 0 Å². The summed E-state index contributed by atoms with van der Waals surface area (Å²) < 4.78 is 16.5. The summed E-state index contributed by atoms with van der Waals surface area (Å²) in [6, 6.07) is 9.84. The Morgan fingerprint density at radius 1 is 1.03 bits per heavy atom. The molecule has 0 aliphatic heterocycles. The summed E-state index contributed by atoms with van der Waals surface area (Å²) in [5, 5.41) is 1.28. The molecule has 152 valence electrons. The molecule has 0 spiro atoms. The first-order valence-corrected chi connectivity index (χ1v) is 9.32. The van der Waals surface area contributed by atoms with E-state index in [0.717, 1.165) is 5.39 Å². The monoisotopic (exact) mass is 416 g/mol. The van der Waals surface area contributed by atoms with Gasteiger partial charge in [0.05, 0.1) is 13.2 Å². The van der Waals surface area contributed by atoms with Crippen LogP contribution in [0, 0.1) is 6.92 Å². The number of fused-ring (bicyclic) bond motifs is 1. The Morgan fingerprint density at radius 3 is 2.45 bits per heavy atom. The number of hydrazine groups is 1. The van der Waals surface area contributed by atoms with Crippen molar-refractivity contribution in [1.29, 1.82) is 0 Å². The van der Waals surface area contributed by atoms with Gasteiger partial charge in [-0.05, 0) is 57.2 Å². The molecule has 1 aromatic heterocycles. The van der Waals surface area contributed by atoms with Crippen molar-refractivity contribution in [2.24, 2.45) is 0 Å². The molecule has 29 heavy (non-hydrogen) atoms. The third-order valence-corrected chi connectivity index (χ3v) is 4.42. The molecule has 2 aromatic carbocycles. The van der Waals surface area contributed by atoms with Crippen LogP contribution < -0.4 is 20.3 Å². The summed E-state index contributed by atoms with van der Waals surface area (Å²) in [7, 11) is 1.49. The van der Waals surface area contributed by atoms with Crippen molar-refractivity contribution in [3.8, 4) is 11.5 Å². The zero-order valence-corrected chi connectivity index (χ0v) is 17.2. The van der Waals surface area contributed by atoms with Gasteiger partial charge >= 0.3 is 5.91 Å². The summed E-state index contributed by atoms with van der Waals surface area (Å²) in [4.78, 5) is 24.9. The normalized spacial score (nSPS) is 10.8. The number of carbonyl (C=O) groups excluding carboxylic acids is 2. The zero-order valence-electron chi connectivity index (χ0n) is 16.5. The van der Waals surface area contributed by atoms with E-state index < -0.39 is 11.8 Å². The molecule has 0 bridgehead atoms. The van der Waals surface area contributed by atoms with Crippen molar-refractivity contribution in [3.63, 3.8) is 0 Å². The van der Waals surface area contributed by atoms with Crippen LogP contribution in [0.25, 0.3) is 11.0 Å². The summed E-state index contributed by atoms with van der Waals surface area (Å²) in [5.41, 5.74) is 6.20. The number of furan rings is 1. The van der Waals surface area contributed by atoms with Crippen molar-refractivity contribution in [1.82, 2.24) is 10.9 Å². The average molecular weight is 417 g/mol. The summed E-state index contributed by atoms with van der Waals surface area (Å²) in [5.74, 6) is -0.0392. The molecular formula is C21H21ClN2O5. The van der Waals surface area contributed by atoms with Crippen LogP contribution in [-0.2, 0) is 0 Å². The van der Waals surface area contributed by atoms with Gasteiger partial charge in [-0.1, -0.05) is 11.6 Å². The minimum Gasteiger partial charge on any atom is -0.493 e. The molecule has 0 fully saturated rings. The first-order valence-electron chi connectivity index (χ1n) is 8.94. The van der Waals surface area contributed by atoms with Crippen molar-refractivity contribution >= 4 is 34.4 Å². The van der Waals surface area contributed by atoms with Gasteiger partial charge in [0, 0.05) is 21.5 Å². The lowest BCUT2D eigenvalue weighted by Crippen LogP contribution is -2.41. The highest BCUT2D eigenvalue weighted by Crippen LogP contribution is 2.29. The molecule has 0 saturated carbocycles. The molecule has 8 heteroatoms. The topological polar surface area (TPSA) is 89.8 Å². The highest BCUT2D eigenvalue weighted by molar-refractivity contribution is 6.31. The van der Waals surface area contributed by atoms with Crippen LogP contribution >= 0.6 is 11.6 Å². The number of hydrogen-bond donors (Lipinski definition) is 2. The molecule has 2 amide bonds. The van der Waals surface area contributed by atoms with Crippen LogP contribution in [0.5, 0.6) is 11.5 Å². The van der Waals surface area contributed by atoms with E-state index in [9.17, 15) is 9.59 Å². The van der Waals surface area contributed by atoms with E-state index in [1.807, 2.05) is 13.8 Å². The van der Waals surface area contributed by atoms with Gasteiger partial charge < -0.3 is 13.9 Å². The van der Waals surface area contributed by atoms with E-state index in [2.05, 4.69) is 10.9 Å². The first kappa shape index (κ1) is 20.5. The number of hydrogen-bond acceptors (Lipinski definition) is 5. The van der Waals surface area contributed by atoms with Crippen molar-refractivity contribution < 1.29 is 23.5 Å². The molecule has 0 atom stereocenters. The number of ether oxygens (including phenoxy) is 2. The molecule has 0 aliphatic rings. The molecule has 7 nitrogen and oxygen atoms in total. The van der Waals surface area contributed by atoms with Crippen LogP contribution in [0.3, 0.4) is 0 Å². The Balaban J connectivity index is 1.72. The number of rotatable bonds is 5. The third-order valence-electron chi connectivity index (χ3n) is 4.18. The van der Waals surface area contributed by atoms with E-state index >= 15 is 0 Å². The van der Waals surface area contributed by atoms with E-state index in [1.165, 1.54) is 13.2 Å². The molecule has 3 aromatic rings. The predicted octanol–water partition coefficient (Wildman–Crippen LogP) is 4.27. The molecule has 0 unspecified atom stereocenters. The molecule has 0 saturated heterocycles. The second-order valence-electron chi connectivity index (χ2n) is 6.64. The number of carbonyl (C=O) groups is 2. The minimum absolute atomic E-state index is 0.0372. The van der Waals surface area contributed by atoms with Crippen molar-refractivity contribution in [2.45, 2.75) is 26.9 Å². The maximum absolute atomic E-state index is 12.5. The lowest BCUT2D eigenvalue weighted by Gasteiger charge is -2.14. The van der Waals surface area contributed by atoms with Crippen LogP contribution in [-0.4, -0.2) is 25.0 Å². The van der Waals surface area contributed by atoms with E-state index in [1.54, 1.807) is 37.3 Å². The fourth-order valence-electron chi connectivity index (χ4n) is 2.81. The van der Waals surface area contributed by atoms with Gasteiger partial charge in [0.2, 0.25) is 0 Å². The molecule has 0 radical (unpaired) electrons. The van der Waals surface area contributed by atoms with Gasteiger partial charge in [0.25, 0.3) is 5.91 Å². The molecule has 0 aliphatic carbocycles. The number of aryl methyl sites for hydroxylation is 1. The number of benzene rings is 2. The predicted molar refractivity (Wildman–Crippen MR) is 110 cm³/mol. The fraction of sp³-hybridized carbons (Fsp3) is 0.238. The third kappa shape index (κ3) is 4.46. The zero-order chi connectivity index (χ0) is 21.1. The maximum atomic E-state index is 12.5. The highest BCUT2D eigenvalue weighted by Gasteiger charge is 2.19. The second kappa shape index (κ2) is 8.45. The average Bonchev–Trinajstić information content (AvgIpc) is 3.02. The number of halogens is 1. The standard InChI is InChI=1S/C21H21ClN2O5/c1-11(2)28-17-7-5-13(9-18(17)27-4)20(25)23-24-21(26)19-12(3)15-10-14(22)6-8-16(15)29-19/h5-11H,1-4H3,(H,23,25)(H,24,26). The van der Waals surface area contributed by atoms with Gasteiger partial charge in [-0.25, -0.2) is 0 Å².